The van der Waals surface area contributed by atoms with E-state index in [1.807, 2.05) is 0 Å². The molecule has 0 saturated carbocycles. The highest BCUT2D eigenvalue weighted by Gasteiger charge is 2.15. The van der Waals surface area contributed by atoms with Gasteiger partial charge in [-0.25, -0.2) is 0 Å². The molecule has 6 aromatic carbocycles. The topological polar surface area (TPSA) is 0 Å². The molecule has 0 bridgehead atoms. The van der Waals surface area contributed by atoms with Crippen LogP contribution in [0.2, 0.25) is 0 Å². The summed E-state index contributed by atoms with van der Waals surface area (Å²) in [5.74, 6) is 0. The second-order valence-electron chi connectivity index (χ2n) is 7.94. The quantitative estimate of drug-likeness (QED) is 0.241. The summed E-state index contributed by atoms with van der Waals surface area (Å²) >= 11 is 0. The number of fused-ring (bicyclic) bond motifs is 11. The van der Waals surface area contributed by atoms with E-state index in [4.69, 9.17) is 0 Å². The average molecular weight is 356 g/mol. The lowest BCUT2D eigenvalue weighted by Gasteiger charge is -2.17. The molecular weight excluding hydrogens is 336 g/mol. The standard InChI is InChI=1S/C28H20/c1-17-11-13-21-19-7-3-6-10-24(19)28-26-16-18(2)12-14-22(26)20-8-4-5-9-23(20)27(28)25(21)15-17/h3-16H,1-2H3. The SMILES string of the molecule is Cc1ccc2c3ccccc3c3c4cc(C)ccc4c4ccccc4c3c2c1. The van der Waals surface area contributed by atoms with E-state index < -0.39 is 0 Å². The van der Waals surface area contributed by atoms with Crippen molar-refractivity contribution < 1.29 is 0 Å². The third-order valence-corrected chi connectivity index (χ3v) is 6.11. The molecular formula is C28H20. The van der Waals surface area contributed by atoms with Crippen molar-refractivity contribution in [2.24, 2.45) is 0 Å². The summed E-state index contributed by atoms with van der Waals surface area (Å²) in [6, 6.07) is 31.5. The molecule has 0 nitrogen and oxygen atoms in total. The zero-order valence-corrected chi connectivity index (χ0v) is 16.1. The van der Waals surface area contributed by atoms with Gasteiger partial charge in [0.15, 0.2) is 0 Å². The van der Waals surface area contributed by atoms with Crippen LogP contribution in [0.5, 0.6) is 0 Å². The van der Waals surface area contributed by atoms with Gasteiger partial charge in [0.2, 0.25) is 0 Å². The van der Waals surface area contributed by atoms with Crippen LogP contribution >= 0.6 is 0 Å². The maximum atomic E-state index is 2.36. The van der Waals surface area contributed by atoms with E-state index in [-0.39, 0.29) is 0 Å². The smallest absolute Gasteiger partial charge is 0.00138 e. The van der Waals surface area contributed by atoms with Crippen LogP contribution in [0.15, 0.2) is 84.9 Å². The Bertz CT molecular complexity index is 1450. The molecule has 28 heavy (non-hydrogen) atoms. The molecule has 0 aliphatic heterocycles. The summed E-state index contributed by atoms with van der Waals surface area (Å²) in [4.78, 5) is 0. The van der Waals surface area contributed by atoms with Gasteiger partial charge in [-0.2, -0.15) is 0 Å². The molecule has 6 rings (SSSR count). The summed E-state index contributed by atoms with van der Waals surface area (Å²) in [7, 11) is 0. The molecule has 0 unspecified atom stereocenters. The van der Waals surface area contributed by atoms with Crippen LogP contribution < -0.4 is 0 Å². The van der Waals surface area contributed by atoms with Crippen molar-refractivity contribution in [3.8, 4) is 0 Å². The molecule has 0 radical (unpaired) electrons. The predicted molar refractivity (Wildman–Crippen MR) is 123 cm³/mol. The lowest BCUT2D eigenvalue weighted by atomic mass is 9.86. The highest BCUT2D eigenvalue weighted by molar-refractivity contribution is 6.39. The summed E-state index contributed by atoms with van der Waals surface area (Å²) in [5.41, 5.74) is 2.61. The zero-order valence-electron chi connectivity index (χ0n) is 16.1. The molecule has 0 aromatic heterocycles. The maximum Gasteiger partial charge on any atom is -0.00138 e. The van der Waals surface area contributed by atoms with E-state index in [0.717, 1.165) is 0 Å². The zero-order chi connectivity index (χ0) is 18.8. The van der Waals surface area contributed by atoms with E-state index in [1.54, 1.807) is 0 Å². The van der Waals surface area contributed by atoms with Crippen molar-refractivity contribution in [1.29, 1.82) is 0 Å². The van der Waals surface area contributed by atoms with E-state index in [2.05, 4.69) is 98.8 Å². The lowest BCUT2D eigenvalue weighted by molar-refractivity contribution is 1.51. The minimum atomic E-state index is 1.30. The van der Waals surface area contributed by atoms with Crippen molar-refractivity contribution in [3.63, 3.8) is 0 Å². The van der Waals surface area contributed by atoms with Crippen LogP contribution in [0.4, 0.5) is 0 Å². The fraction of sp³-hybridized carbons (Fsp3) is 0.0714. The molecule has 0 spiro atoms. The molecule has 0 aliphatic rings. The van der Waals surface area contributed by atoms with Crippen LogP contribution in [0, 0.1) is 13.8 Å². The number of benzene rings is 6. The fourth-order valence-electron chi connectivity index (χ4n) is 4.90. The fourth-order valence-corrected chi connectivity index (χ4v) is 4.90. The second kappa shape index (κ2) is 5.56. The number of hydrogen-bond acceptors (Lipinski definition) is 0. The minimum absolute atomic E-state index is 1.30. The number of rotatable bonds is 0. The molecule has 0 heterocycles. The van der Waals surface area contributed by atoms with Gasteiger partial charge < -0.3 is 0 Å². The Morgan fingerprint density at radius 1 is 0.357 bits per heavy atom. The minimum Gasteiger partial charge on any atom is -0.0616 e. The molecule has 0 aliphatic carbocycles. The van der Waals surface area contributed by atoms with Gasteiger partial charge in [0.1, 0.15) is 0 Å². The average Bonchev–Trinajstić information content (AvgIpc) is 2.73. The normalized spacial score (nSPS) is 11.9. The Morgan fingerprint density at radius 2 is 0.714 bits per heavy atom. The van der Waals surface area contributed by atoms with Crippen LogP contribution in [-0.2, 0) is 0 Å². The Hall–Kier alpha value is -3.38. The van der Waals surface area contributed by atoms with Gasteiger partial charge in [0, 0.05) is 0 Å². The molecule has 0 heteroatoms. The Balaban J connectivity index is 2.12. The molecule has 6 aromatic rings. The van der Waals surface area contributed by atoms with Gasteiger partial charge in [-0.15, -0.1) is 0 Å². The van der Waals surface area contributed by atoms with Crippen molar-refractivity contribution in [3.05, 3.63) is 96.1 Å². The molecule has 132 valence electrons. The number of hydrogen-bond donors (Lipinski definition) is 0. The van der Waals surface area contributed by atoms with E-state index in [9.17, 15) is 0 Å². The van der Waals surface area contributed by atoms with Crippen LogP contribution in [0.3, 0.4) is 0 Å². The summed E-state index contributed by atoms with van der Waals surface area (Å²) in [6.07, 6.45) is 0. The monoisotopic (exact) mass is 356 g/mol. The third-order valence-electron chi connectivity index (χ3n) is 6.11. The number of aryl methyl sites for hydroxylation is 2. The molecule has 0 fully saturated rings. The maximum absolute atomic E-state index is 2.36. The van der Waals surface area contributed by atoms with E-state index >= 15 is 0 Å². The highest BCUT2D eigenvalue weighted by atomic mass is 14.2. The summed E-state index contributed by atoms with van der Waals surface area (Å²) in [6.45, 7) is 4.38. The van der Waals surface area contributed by atoms with Crippen LogP contribution in [0.25, 0.3) is 53.9 Å². The molecule has 0 N–H and O–H groups in total. The van der Waals surface area contributed by atoms with Gasteiger partial charge >= 0.3 is 0 Å². The summed E-state index contributed by atoms with van der Waals surface area (Å²) in [5, 5.41) is 13.5. The predicted octanol–water partition coefficient (Wildman–Crippen LogP) is 8.07. The van der Waals surface area contributed by atoms with Crippen molar-refractivity contribution in [1.82, 2.24) is 0 Å². The van der Waals surface area contributed by atoms with Gasteiger partial charge in [-0.1, -0.05) is 96.1 Å². The first-order valence-corrected chi connectivity index (χ1v) is 9.88. The van der Waals surface area contributed by atoms with Crippen molar-refractivity contribution in [2.75, 3.05) is 0 Å². The molecule has 0 saturated heterocycles. The van der Waals surface area contributed by atoms with Gasteiger partial charge in [-0.05, 0) is 67.7 Å². The summed E-state index contributed by atoms with van der Waals surface area (Å²) < 4.78 is 0. The lowest BCUT2D eigenvalue weighted by Crippen LogP contribution is -1.89. The Morgan fingerprint density at radius 3 is 1.14 bits per heavy atom. The third kappa shape index (κ3) is 2.00. The second-order valence-corrected chi connectivity index (χ2v) is 7.94. The first-order valence-electron chi connectivity index (χ1n) is 9.88. The first kappa shape index (κ1) is 15.7. The highest BCUT2D eigenvalue weighted by Crippen LogP contribution is 2.43. The Labute approximate surface area is 164 Å². The molecule has 0 amide bonds. The van der Waals surface area contributed by atoms with Crippen LogP contribution in [0.1, 0.15) is 11.1 Å². The molecule has 0 atom stereocenters. The van der Waals surface area contributed by atoms with Gasteiger partial charge in [0.05, 0.1) is 0 Å². The largest absolute Gasteiger partial charge is 0.0616 e. The van der Waals surface area contributed by atoms with Crippen molar-refractivity contribution >= 4 is 53.9 Å². The first-order chi connectivity index (χ1) is 13.7. The van der Waals surface area contributed by atoms with E-state index in [1.165, 1.54) is 65.0 Å². The van der Waals surface area contributed by atoms with Crippen LogP contribution in [-0.4, -0.2) is 0 Å². The van der Waals surface area contributed by atoms with Crippen molar-refractivity contribution in [2.45, 2.75) is 13.8 Å². The Kier molecular flexibility index (Phi) is 3.11. The van der Waals surface area contributed by atoms with Gasteiger partial charge in [0.25, 0.3) is 0 Å². The van der Waals surface area contributed by atoms with E-state index in [0.29, 0.717) is 0 Å². The van der Waals surface area contributed by atoms with Gasteiger partial charge in [-0.3, -0.25) is 0 Å².